The smallest absolute Gasteiger partial charge is 0.0495 e. The minimum Gasteiger partial charge on any atom is -0.335 e. The summed E-state index contributed by atoms with van der Waals surface area (Å²) in [6, 6.07) is 133. The van der Waals surface area contributed by atoms with Crippen molar-refractivity contribution in [2.45, 2.75) is 249 Å². The van der Waals surface area contributed by atoms with Gasteiger partial charge >= 0.3 is 0 Å². The summed E-state index contributed by atoms with van der Waals surface area (Å²) >= 11 is 0. The largest absolute Gasteiger partial charge is 0.335 e. The second-order valence-electron chi connectivity index (χ2n) is 45.9. The Morgan fingerprint density at radius 2 is 0.449 bits per heavy atom. The highest BCUT2D eigenvalue weighted by molar-refractivity contribution is 5.96. The molecule has 16 aromatic carbocycles. The molecule has 16 aromatic rings. The molecular weight excluding hydrogens is 1670 g/mol. The SMILES string of the molecule is CC(C)(C)c1c(N(c2ccccc2-c2ccccc2)C(C)(C)C)ccc2c1C(C)(C)c1ccccc1-2.CC(C)c1c(N(c2ccccc2-c2ccccc2)C(C)(C)C)ccc2c1C(C)(C)c1ccccc1-2.CCc1c(N(c2ccccc2-c2ccccc2)C(C)(C)C)ccc2c1C(C)(C)c1ccccc1-2.Cc1c(N(c2ccccc2-c2ccccc2)C(C)(C)C)ccc2c1C(C)(C)c1ccccc1-2. The lowest BCUT2D eigenvalue weighted by molar-refractivity contribution is 0.531. The molecule has 0 bridgehead atoms. The van der Waals surface area contributed by atoms with Gasteiger partial charge in [0.2, 0.25) is 0 Å². The minimum atomic E-state index is -0.130. The van der Waals surface area contributed by atoms with Crippen molar-refractivity contribution in [1.82, 2.24) is 0 Å². The van der Waals surface area contributed by atoms with Crippen molar-refractivity contribution in [1.29, 1.82) is 0 Å². The van der Waals surface area contributed by atoms with Crippen molar-refractivity contribution in [3.63, 3.8) is 0 Å². The Balaban J connectivity index is 0.000000127. The van der Waals surface area contributed by atoms with E-state index in [-0.39, 0.29) is 49.2 Å². The van der Waals surface area contributed by atoms with Gasteiger partial charge in [0.15, 0.2) is 0 Å². The van der Waals surface area contributed by atoms with E-state index in [1.165, 1.54) is 201 Å². The highest BCUT2D eigenvalue weighted by Gasteiger charge is 2.47. The van der Waals surface area contributed by atoms with E-state index in [1.807, 2.05) is 0 Å². The van der Waals surface area contributed by atoms with Crippen LogP contribution in [0.3, 0.4) is 0 Å². The topological polar surface area (TPSA) is 13.0 Å². The maximum absolute atomic E-state index is 2.58. The van der Waals surface area contributed by atoms with Gasteiger partial charge in [0, 0.05) is 112 Å². The Morgan fingerprint density at radius 3 is 0.768 bits per heavy atom. The molecule has 4 heteroatoms. The number of fused-ring (bicyclic) bond motifs is 12. The number of nitrogens with zero attached hydrogens (tertiary/aromatic N) is 4. The zero-order valence-corrected chi connectivity index (χ0v) is 87.2. The fourth-order valence-electron chi connectivity index (χ4n) is 23.9. The second-order valence-corrected chi connectivity index (χ2v) is 45.9. The van der Waals surface area contributed by atoms with E-state index in [0.29, 0.717) is 5.92 Å². The molecule has 4 nitrogen and oxygen atoms in total. The summed E-state index contributed by atoms with van der Waals surface area (Å²) in [7, 11) is 0. The summed E-state index contributed by atoms with van der Waals surface area (Å²) in [6.45, 7) is 63.4. The third-order valence-corrected chi connectivity index (χ3v) is 29.4. The molecule has 4 aliphatic carbocycles. The van der Waals surface area contributed by atoms with E-state index in [0.717, 1.165) is 6.42 Å². The molecule has 0 amide bonds. The van der Waals surface area contributed by atoms with Crippen molar-refractivity contribution in [2.24, 2.45) is 0 Å². The van der Waals surface area contributed by atoms with Crippen LogP contribution in [0.4, 0.5) is 45.5 Å². The first-order chi connectivity index (χ1) is 65.5. The van der Waals surface area contributed by atoms with Gasteiger partial charge in [-0.05, 0) is 290 Å². The Labute approximate surface area is 827 Å². The maximum atomic E-state index is 2.58. The first kappa shape index (κ1) is 96.4. The number of rotatable bonds is 14. The molecule has 0 saturated heterocycles. The normalized spacial score (nSPS) is 14.1. The van der Waals surface area contributed by atoms with Gasteiger partial charge in [0.05, 0.1) is 0 Å². The zero-order valence-electron chi connectivity index (χ0n) is 87.2. The molecule has 4 aliphatic rings. The van der Waals surface area contributed by atoms with Crippen LogP contribution in [0.2, 0.25) is 0 Å². The van der Waals surface area contributed by atoms with Gasteiger partial charge in [0.25, 0.3) is 0 Å². The van der Waals surface area contributed by atoms with Gasteiger partial charge in [-0.1, -0.05) is 412 Å². The average molecular weight is 1810 g/mol. The van der Waals surface area contributed by atoms with Crippen LogP contribution in [0.15, 0.2) is 364 Å². The Bertz CT molecular complexity index is 7160. The zero-order chi connectivity index (χ0) is 98.3. The maximum Gasteiger partial charge on any atom is 0.0495 e. The van der Waals surface area contributed by atoms with E-state index in [1.54, 1.807) is 0 Å². The van der Waals surface area contributed by atoms with Gasteiger partial charge < -0.3 is 19.6 Å². The van der Waals surface area contributed by atoms with Crippen molar-refractivity contribution in [3.05, 3.63) is 431 Å². The Morgan fingerprint density at radius 1 is 0.217 bits per heavy atom. The summed E-state index contributed by atoms with van der Waals surface area (Å²) in [4.78, 5) is 10.2. The lowest BCUT2D eigenvalue weighted by Gasteiger charge is -2.43. The summed E-state index contributed by atoms with van der Waals surface area (Å²) in [5, 5.41) is 0. The second kappa shape index (κ2) is 36.9. The van der Waals surface area contributed by atoms with Crippen LogP contribution >= 0.6 is 0 Å². The molecule has 0 heterocycles. The fraction of sp³-hybridized carbons (Fsp3) is 0.284. The van der Waals surface area contributed by atoms with Gasteiger partial charge in [-0.25, -0.2) is 0 Å². The molecule has 0 radical (unpaired) electrons. The Kier molecular flexibility index (Phi) is 25.8. The first-order valence-electron chi connectivity index (χ1n) is 50.3. The molecule has 0 fully saturated rings. The van der Waals surface area contributed by atoms with Crippen molar-refractivity contribution >= 4 is 45.5 Å². The summed E-state index contributed by atoms with van der Waals surface area (Å²) < 4.78 is 0. The predicted octanol–water partition coefficient (Wildman–Crippen LogP) is 37.7. The number of hydrogen-bond acceptors (Lipinski definition) is 4. The van der Waals surface area contributed by atoms with Crippen LogP contribution in [-0.2, 0) is 33.5 Å². The third-order valence-electron chi connectivity index (χ3n) is 29.4. The van der Waals surface area contributed by atoms with Crippen molar-refractivity contribution in [2.75, 3.05) is 19.6 Å². The molecule has 0 unspecified atom stereocenters. The number of para-hydroxylation sites is 4. The quantitative estimate of drug-likeness (QED) is 0.108. The molecule has 0 spiro atoms. The van der Waals surface area contributed by atoms with Crippen LogP contribution in [0.5, 0.6) is 0 Å². The van der Waals surface area contributed by atoms with Crippen LogP contribution in [0, 0.1) is 6.92 Å². The number of benzene rings is 16. The molecule has 700 valence electrons. The summed E-state index contributed by atoms with van der Waals surface area (Å²) in [6.07, 6.45) is 0.996. The Hall–Kier alpha value is -13.3. The molecule has 0 aliphatic heterocycles. The number of anilines is 8. The molecular formula is C134H144N4. The van der Waals surface area contributed by atoms with Crippen molar-refractivity contribution < 1.29 is 0 Å². The standard InChI is InChI=1S/C35H39N.C34H37N.C33H35N.C32H33N/c1-33(2,3)32-30(23-22-27-26-19-12-14-20-28(26)35(7,8)31(27)32)36(34(4,5)6)29-21-15-13-18-25(29)24-16-10-9-11-17-24;1-23(2)31-30(22-21-27-26-18-11-13-19-28(26)34(6,7)32(27)31)35(33(3,4)5)29-20-14-12-17-25(29)24-15-9-8-10-16-24;1-7-24-30(22-21-27-26-18-11-13-19-28(26)33(5,6)31(24)27)34(32(2,3)4)29-20-14-12-17-25(29)23-15-9-8-10-16-23;1-22-28(21-20-26-25-17-10-12-18-27(25)32(5,6)30(22)26)33(31(2,3)4)29-19-13-11-16-24(29)23-14-8-7-9-15-23/h9-23H,1-8H3;8-23H,1-7H3;8-22H,7H2,1-6H3;7-21H,1-6H3. The van der Waals surface area contributed by atoms with Gasteiger partial charge in [-0.15, -0.1) is 0 Å². The van der Waals surface area contributed by atoms with Crippen LogP contribution in [0.25, 0.3) is 89.0 Å². The summed E-state index contributed by atoms with van der Waals surface area (Å²) in [5.74, 6) is 0.391. The van der Waals surface area contributed by atoms with Gasteiger partial charge in [-0.2, -0.15) is 0 Å². The molecule has 0 atom stereocenters. The minimum absolute atomic E-state index is 0.0181. The van der Waals surface area contributed by atoms with Crippen LogP contribution in [0.1, 0.15) is 253 Å². The van der Waals surface area contributed by atoms with Crippen LogP contribution < -0.4 is 19.6 Å². The lowest BCUT2D eigenvalue weighted by atomic mass is 9.72. The van der Waals surface area contributed by atoms with E-state index >= 15 is 0 Å². The lowest BCUT2D eigenvalue weighted by Crippen LogP contribution is -2.40. The van der Waals surface area contributed by atoms with E-state index in [4.69, 9.17) is 0 Å². The van der Waals surface area contributed by atoms with E-state index < -0.39 is 0 Å². The molecule has 0 saturated carbocycles. The molecule has 0 N–H and O–H groups in total. The third kappa shape index (κ3) is 17.5. The van der Waals surface area contributed by atoms with Gasteiger partial charge in [0.1, 0.15) is 0 Å². The van der Waals surface area contributed by atoms with Gasteiger partial charge in [-0.3, -0.25) is 0 Å². The average Bonchev–Trinajstić information content (AvgIpc) is 1.57. The predicted molar refractivity (Wildman–Crippen MR) is 598 cm³/mol. The fourth-order valence-corrected chi connectivity index (χ4v) is 23.9. The molecule has 138 heavy (non-hydrogen) atoms. The van der Waals surface area contributed by atoms with E-state index in [9.17, 15) is 0 Å². The first-order valence-corrected chi connectivity index (χ1v) is 50.3. The van der Waals surface area contributed by atoms with Crippen LogP contribution in [-0.4, -0.2) is 22.2 Å². The monoisotopic (exact) mass is 1810 g/mol. The van der Waals surface area contributed by atoms with Crippen molar-refractivity contribution in [3.8, 4) is 89.0 Å². The highest BCUT2D eigenvalue weighted by atomic mass is 15.2. The molecule has 0 aromatic heterocycles. The summed E-state index contributed by atoms with van der Waals surface area (Å²) in [5.41, 5.74) is 48.0. The van der Waals surface area contributed by atoms with E-state index in [2.05, 4.69) is 571 Å². The highest BCUT2D eigenvalue weighted by Crippen LogP contribution is 2.61. The number of hydrogen-bond donors (Lipinski definition) is 0. The molecule has 20 rings (SSSR count).